The predicted molar refractivity (Wildman–Crippen MR) is 230 cm³/mol. The van der Waals surface area contributed by atoms with E-state index in [2.05, 4.69) is 108 Å². The van der Waals surface area contributed by atoms with Crippen molar-refractivity contribution >= 4 is 16.5 Å². The van der Waals surface area contributed by atoms with Crippen LogP contribution in [-0.2, 0) is 0 Å². The standard InChI is InChI=1S/C52H28N6/c1-55-40-23-21-37(22-24-40)52-57-50(35-15-12-32(30-53)13-16-35)56-51(58-52)36-19-17-34(18-20-36)41-25-14-33(31-54)28-48(41)39-7-4-6-38(29-39)42-26-27-47-44-9-3-2-8-43(44)46-11-5-10-45(42)49(46)47/h2-29H. The Morgan fingerprint density at radius 2 is 0.862 bits per heavy atom. The summed E-state index contributed by atoms with van der Waals surface area (Å²) in [6, 6.07) is 61.0. The second-order valence-corrected chi connectivity index (χ2v) is 14.1. The first-order valence-corrected chi connectivity index (χ1v) is 18.7. The van der Waals surface area contributed by atoms with Gasteiger partial charge in [-0.1, -0.05) is 127 Å². The zero-order valence-electron chi connectivity index (χ0n) is 30.8. The van der Waals surface area contributed by atoms with E-state index in [0.717, 1.165) is 50.1 Å². The van der Waals surface area contributed by atoms with Crippen LogP contribution < -0.4 is 0 Å². The minimum absolute atomic E-state index is 0.474. The number of benzene rings is 8. The number of nitrogens with zero attached hydrogens (tertiary/aromatic N) is 6. The number of aromatic nitrogens is 3. The summed E-state index contributed by atoms with van der Waals surface area (Å²) in [6.07, 6.45) is 0. The van der Waals surface area contributed by atoms with Gasteiger partial charge < -0.3 is 0 Å². The number of fused-ring (bicyclic) bond motifs is 3. The quantitative estimate of drug-likeness (QED) is 0.159. The molecule has 0 aliphatic heterocycles. The van der Waals surface area contributed by atoms with Gasteiger partial charge in [0, 0.05) is 16.7 Å². The summed E-state index contributed by atoms with van der Waals surface area (Å²) in [6.45, 7) is 7.36. The fourth-order valence-electron chi connectivity index (χ4n) is 7.96. The molecule has 1 aliphatic carbocycles. The zero-order valence-corrected chi connectivity index (χ0v) is 30.8. The maximum Gasteiger partial charge on any atom is 0.187 e. The highest BCUT2D eigenvalue weighted by molar-refractivity contribution is 6.18. The Balaban J connectivity index is 1.04. The van der Waals surface area contributed by atoms with Crippen molar-refractivity contribution in [2.24, 2.45) is 0 Å². The van der Waals surface area contributed by atoms with Crippen LogP contribution >= 0.6 is 0 Å². The van der Waals surface area contributed by atoms with Crippen molar-refractivity contribution in [3.8, 4) is 102 Å². The summed E-state index contributed by atoms with van der Waals surface area (Å²) in [4.78, 5) is 18.1. The fourth-order valence-corrected chi connectivity index (χ4v) is 7.96. The smallest absolute Gasteiger partial charge is 0.187 e. The molecule has 6 nitrogen and oxygen atoms in total. The van der Waals surface area contributed by atoms with E-state index in [0.29, 0.717) is 34.3 Å². The Bertz CT molecular complexity index is 3130. The molecule has 0 bridgehead atoms. The van der Waals surface area contributed by atoms with Gasteiger partial charge in [0.1, 0.15) is 0 Å². The van der Waals surface area contributed by atoms with Crippen LogP contribution in [0.1, 0.15) is 11.1 Å². The molecule has 58 heavy (non-hydrogen) atoms. The Hall–Kier alpha value is -8.50. The molecule has 1 aliphatic rings. The molecule has 0 saturated heterocycles. The molecule has 1 heterocycles. The monoisotopic (exact) mass is 736 g/mol. The van der Waals surface area contributed by atoms with Gasteiger partial charge in [-0.3, -0.25) is 0 Å². The van der Waals surface area contributed by atoms with Crippen LogP contribution in [0.3, 0.4) is 0 Å². The van der Waals surface area contributed by atoms with Crippen LogP contribution in [0.15, 0.2) is 170 Å². The van der Waals surface area contributed by atoms with Crippen molar-refractivity contribution in [1.82, 2.24) is 15.0 Å². The Kier molecular flexibility index (Phi) is 8.20. The second-order valence-electron chi connectivity index (χ2n) is 14.1. The van der Waals surface area contributed by atoms with Gasteiger partial charge in [0.25, 0.3) is 0 Å². The third-order valence-corrected chi connectivity index (χ3v) is 10.8. The topological polar surface area (TPSA) is 90.6 Å². The molecule has 1 aromatic heterocycles. The average Bonchev–Trinajstić information content (AvgIpc) is 3.63. The Morgan fingerprint density at radius 3 is 1.48 bits per heavy atom. The van der Waals surface area contributed by atoms with Crippen LogP contribution in [0.4, 0.5) is 5.69 Å². The summed E-state index contributed by atoms with van der Waals surface area (Å²) in [5.41, 5.74) is 15.3. The highest BCUT2D eigenvalue weighted by atomic mass is 15.0. The van der Waals surface area contributed by atoms with Crippen molar-refractivity contribution < 1.29 is 0 Å². The van der Waals surface area contributed by atoms with E-state index in [1.807, 2.05) is 54.6 Å². The molecule has 0 unspecified atom stereocenters. The first-order chi connectivity index (χ1) is 28.6. The van der Waals surface area contributed by atoms with Gasteiger partial charge in [0.15, 0.2) is 23.2 Å². The summed E-state index contributed by atoms with van der Waals surface area (Å²) in [5.74, 6) is 1.44. The molecule has 0 N–H and O–H groups in total. The summed E-state index contributed by atoms with van der Waals surface area (Å²) < 4.78 is 0. The van der Waals surface area contributed by atoms with E-state index in [-0.39, 0.29) is 0 Å². The lowest BCUT2D eigenvalue weighted by molar-refractivity contribution is 1.07. The maximum absolute atomic E-state index is 9.98. The van der Waals surface area contributed by atoms with E-state index in [1.165, 1.54) is 33.0 Å². The predicted octanol–water partition coefficient (Wildman–Crippen LogP) is 13.0. The third kappa shape index (κ3) is 5.85. The molecule has 266 valence electrons. The Morgan fingerprint density at radius 1 is 0.379 bits per heavy atom. The van der Waals surface area contributed by atoms with Crippen LogP contribution in [0, 0.1) is 29.2 Å². The van der Waals surface area contributed by atoms with Gasteiger partial charge in [0.05, 0.1) is 29.8 Å². The molecule has 0 amide bonds. The highest BCUT2D eigenvalue weighted by Gasteiger charge is 2.22. The van der Waals surface area contributed by atoms with E-state index in [9.17, 15) is 10.5 Å². The van der Waals surface area contributed by atoms with Crippen molar-refractivity contribution in [3.05, 3.63) is 192 Å². The van der Waals surface area contributed by atoms with Gasteiger partial charge in [0.2, 0.25) is 0 Å². The first-order valence-electron chi connectivity index (χ1n) is 18.7. The number of hydrogen-bond acceptors (Lipinski definition) is 5. The SMILES string of the molecule is [C-]#[N+]c1ccc(-c2nc(-c3ccc(C#N)cc3)nc(-c3ccc(-c4ccc(C#N)cc4-c4cccc(-c5ccc6c7c(cccc57)-c5ccccc5-6)c4)cc3)n2)cc1. The summed E-state index contributed by atoms with van der Waals surface area (Å²) in [5, 5.41) is 21.8. The first kappa shape index (κ1) is 34.0. The molecule has 0 atom stereocenters. The lowest BCUT2D eigenvalue weighted by Crippen LogP contribution is -2.00. The van der Waals surface area contributed by atoms with Crippen LogP contribution in [0.25, 0.3) is 105 Å². The molecule has 6 heteroatoms. The molecule has 0 spiro atoms. The fraction of sp³-hybridized carbons (Fsp3) is 0. The van der Waals surface area contributed by atoms with E-state index >= 15 is 0 Å². The van der Waals surface area contributed by atoms with Crippen molar-refractivity contribution in [2.45, 2.75) is 0 Å². The van der Waals surface area contributed by atoms with Crippen LogP contribution in [0.5, 0.6) is 0 Å². The normalized spacial score (nSPS) is 11.1. The van der Waals surface area contributed by atoms with Gasteiger partial charge in [-0.2, -0.15) is 10.5 Å². The highest BCUT2D eigenvalue weighted by Crippen LogP contribution is 2.49. The van der Waals surface area contributed by atoms with Crippen molar-refractivity contribution in [2.75, 3.05) is 0 Å². The molecule has 8 aromatic carbocycles. The third-order valence-electron chi connectivity index (χ3n) is 10.8. The lowest BCUT2D eigenvalue weighted by Gasteiger charge is -2.14. The van der Waals surface area contributed by atoms with Crippen LogP contribution in [-0.4, -0.2) is 15.0 Å². The molecule has 0 saturated carbocycles. The lowest BCUT2D eigenvalue weighted by atomic mass is 9.89. The summed E-state index contributed by atoms with van der Waals surface area (Å²) >= 11 is 0. The minimum atomic E-state index is 0.474. The maximum atomic E-state index is 9.98. The van der Waals surface area contributed by atoms with E-state index < -0.39 is 0 Å². The molecule has 0 radical (unpaired) electrons. The number of rotatable bonds is 6. The number of hydrogen-bond donors (Lipinski definition) is 0. The average molecular weight is 737 g/mol. The largest absolute Gasteiger partial charge is 0.238 e. The van der Waals surface area contributed by atoms with Gasteiger partial charge in [-0.15, -0.1) is 0 Å². The van der Waals surface area contributed by atoms with Gasteiger partial charge in [-0.25, -0.2) is 19.8 Å². The molecular weight excluding hydrogens is 709 g/mol. The Labute approximate surface area is 335 Å². The van der Waals surface area contributed by atoms with E-state index in [1.54, 1.807) is 24.3 Å². The molecule has 10 rings (SSSR count). The summed E-state index contributed by atoms with van der Waals surface area (Å²) in [7, 11) is 0. The van der Waals surface area contributed by atoms with Gasteiger partial charge >= 0.3 is 0 Å². The molecule has 9 aromatic rings. The van der Waals surface area contributed by atoms with Crippen LogP contribution in [0.2, 0.25) is 0 Å². The van der Waals surface area contributed by atoms with Crippen molar-refractivity contribution in [1.29, 1.82) is 10.5 Å². The van der Waals surface area contributed by atoms with Gasteiger partial charge in [-0.05, 0) is 109 Å². The molecule has 0 fully saturated rings. The molecular formula is C52H28N6. The van der Waals surface area contributed by atoms with Crippen molar-refractivity contribution in [3.63, 3.8) is 0 Å². The minimum Gasteiger partial charge on any atom is -0.238 e. The van der Waals surface area contributed by atoms with E-state index in [4.69, 9.17) is 21.5 Å². The zero-order chi connectivity index (χ0) is 39.2. The second kappa shape index (κ2) is 14.0. The number of nitriles is 2.